The summed E-state index contributed by atoms with van der Waals surface area (Å²) in [6, 6.07) is 6.90. The SMILES string of the molecule is CC(C)N(CC(=O)O)C(=O)CCCc1nc2ccccc2c(=O)[nH]1. The highest BCUT2D eigenvalue weighted by Gasteiger charge is 2.19. The molecule has 2 rings (SSSR count). The van der Waals surface area contributed by atoms with E-state index in [4.69, 9.17) is 5.11 Å². The van der Waals surface area contributed by atoms with Gasteiger partial charge in [0.1, 0.15) is 12.4 Å². The maximum atomic E-state index is 12.2. The van der Waals surface area contributed by atoms with Gasteiger partial charge in [0.25, 0.3) is 5.56 Å². The Hall–Kier alpha value is -2.70. The largest absolute Gasteiger partial charge is 0.480 e. The van der Waals surface area contributed by atoms with Gasteiger partial charge in [0, 0.05) is 18.9 Å². The summed E-state index contributed by atoms with van der Waals surface area (Å²) in [5.41, 5.74) is 0.425. The minimum atomic E-state index is -1.03. The van der Waals surface area contributed by atoms with Crippen LogP contribution in [0.5, 0.6) is 0 Å². The number of aromatic nitrogens is 2. The second-order valence-electron chi connectivity index (χ2n) is 5.89. The molecule has 7 nitrogen and oxygen atoms in total. The van der Waals surface area contributed by atoms with Crippen molar-refractivity contribution in [2.75, 3.05) is 6.54 Å². The van der Waals surface area contributed by atoms with E-state index in [9.17, 15) is 14.4 Å². The number of hydrogen-bond acceptors (Lipinski definition) is 4. The molecule has 0 bridgehead atoms. The monoisotopic (exact) mass is 331 g/mol. The van der Waals surface area contributed by atoms with Gasteiger partial charge in [-0.1, -0.05) is 12.1 Å². The van der Waals surface area contributed by atoms with Crippen molar-refractivity contribution < 1.29 is 14.7 Å². The van der Waals surface area contributed by atoms with Crippen LogP contribution in [0.15, 0.2) is 29.1 Å². The van der Waals surface area contributed by atoms with Crippen LogP contribution >= 0.6 is 0 Å². The van der Waals surface area contributed by atoms with E-state index in [0.717, 1.165) is 0 Å². The molecule has 0 saturated carbocycles. The van der Waals surface area contributed by atoms with Crippen molar-refractivity contribution >= 4 is 22.8 Å². The molecule has 0 fully saturated rings. The number of carbonyl (C=O) groups excluding carboxylic acids is 1. The predicted molar refractivity (Wildman–Crippen MR) is 89.8 cm³/mol. The van der Waals surface area contributed by atoms with Crippen molar-refractivity contribution in [3.05, 3.63) is 40.4 Å². The van der Waals surface area contributed by atoms with E-state index in [1.54, 1.807) is 32.0 Å². The molecular formula is C17H21N3O4. The minimum absolute atomic E-state index is 0.174. The lowest BCUT2D eigenvalue weighted by Gasteiger charge is -2.24. The molecular weight excluding hydrogens is 310 g/mol. The Morgan fingerprint density at radius 2 is 2.00 bits per heavy atom. The van der Waals surface area contributed by atoms with Gasteiger partial charge in [-0.15, -0.1) is 0 Å². The van der Waals surface area contributed by atoms with Crippen LogP contribution in [0.25, 0.3) is 10.9 Å². The number of hydrogen-bond donors (Lipinski definition) is 2. The van der Waals surface area contributed by atoms with Gasteiger partial charge in [0.15, 0.2) is 0 Å². The molecule has 0 spiro atoms. The van der Waals surface area contributed by atoms with E-state index < -0.39 is 5.97 Å². The molecule has 1 heterocycles. The van der Waals surface area contributed by atoms with E-state index in [0.29, 0.717) is 29.6 Å². The second-order valence-corrected chi connectivity index (χ2v) is 5.89. The van der Waals surface area contributed by atoms with Crippen LogP contribution in [0, 0.1) is 0 Å². The fourth-order valence-corrected chi connectivity index (χ4v) is 2.51. The van der Waals surface area contributed by atoms with Gasteiger partial charge in [0.05, 0.1) is 10.9 Å². The van der Waals surface area contributed by atoms with Crippen LogP contribution in [-0.4, -0.2) is 44.4 Å². The first-order valence-electron chi connectivity index (χ1n) is 7.87. The van der Waals surface area contributed by atoms with Crippen LogP contribution in [0.1, 0.15) is 32.5 Å². The van der Waals surface area contributed by atoms with Crippen molar-refractivity contribution in [3.8, 4) is 0 Å². The number of fused-ring (bicyclic) bond motifs is 1. The van der Waals surface area contributed by atoms with Crippen LogP contribution < -0.4 is 5.56 Å². The minimum Gasteiger partial charge on any atom is -0.480 e. The van der Waals surface area contributed by atoms with Gasteiger partial charge in [-0.2, -0.15) is 0 Å². The van der Waals surface area contributed by atoms with Crippen molar-refractivity contribution in [1.82, 2.24) is 14.9 Å². The first kappa shape index (κ1) is 17.7. The molecule has 0 saturated heterocycles. The summed E-state index contributed by atoms with van der Waals surface area (Å²) in [6.45, 7) is 3.26. The van der Waals surface area contributed by atoms with Gasteiger partial charge in [-0.05, 0) is 32.4 Å². The number of carboxylic acids is 1. The summed E-state index contributed by atoms with van der Waals surface area (Å²) in [6.07, 6.45) is 1.15. The van der Waals surface area contributed by atoms with Crippen molar-refractivity contribution in [3.63, 3.8) is 0 Å². The number of nitrogens with zero attached hydrogens (tertiary/aromatic N) is 2. The highest BCUT2D eigenvalue weighted by molar-refractivity contribution is 5.81. The lowest BCUT2D eigenvalue weighted by Crippen LogP contribution is -2.40. The van der Waals surface area contributed by atoms with Gasteiger partial charge in [-0.3, -0.25) is 14.4 Å². The van der Waals surface area contributed by atoms with Gasteiger partial charge in [-0.25, -0.2) is 4.98 Å². The molecule has 24 heavy (non-hydrogen) atoms. The molecule has 0 aliphatic heterocycles. The Labute approximate surface area is 139 Å². The number of aromatic amines is 1. The van der Waals surface area contributed by atoms with E-state index in [1.165, 1.54) is 4.90 Å². The first-order valence-corrected chi connectivity index (χ1v) is 7.87. The summed E-state index contributed by atoms with van der Waals surface area (Å²) in [5.74, 6) is -0.714. The number of carboxylic acid groups (broad SMARTS) is 1. The van der Waals surface area contributed by atoms with E-state index in [2.05, 4.69) is 9.97 Å². The van der Waals surface area contributed by atoms with Crippen LogP contribution in [0.2, 0.25) is 0 Å². The summed E-state index contributed by atoms with van der Waals surface area (Å²) in [5, 5.41) is 9.40. The Morgan fingerprint density at radius 3 is 2.67 bits per heavy atom. The summed E-state index contributed by atoms with van der Waals surface area (Å²) >= 11 is 0. The lowest BCUT2D eigenvalue weighted by molar-refractivity contribution is -0.145. The molecule has 0 atom stereocenters. The maximum absolute atomic E-state index is 12.2. The van der Waals surface area contributed by atoms with Gasteiger partial charge < -0.3 is 15.0 Å². The summed E-state index contributed by atoms with van der Waals surface area (Å²) in [4.78, 5) is 43.4. The molecule has 1 aromatic heterocycles. The number of amides is 1. The fourth-order valence-electron chi connectivity index (χ4n) is 2.51. The van der Waals surface area contributed by atoms with Gasteiger partial charge >= 0.3 is 5.97 Å². The Kier molecular flexibility index (Phi) is 5.68. The van der Waals surface area contributed by atoms with E-state index >= 15 is 0 Å². The Bertz CT molecular complexity index is 798. The van der Waals surface area contributed by atoms with Gasteiger partial charge in [0.2, 0.25) is 5.91 Å². The summed E-state index contributed by atoms with van der Waals surface area (Å²) < 4.78 is 0. The predicted octanol–water partition coefficient (Wildman–Crippen LogP) is 1.57. The molecule has 128 valence electrons. The molecule has 2 N–H and O–H groups in total. The standard InChI is InChI=1S/C17H21N3O4/c1-11(2)20(10-16(22)23)15(21)9-5-8-14-18-13-7-4-3-6-12(13)17(24)19-14/h3-4,6-7,11H,5,8-10H2,1-2H3,(H,22,23)(H,18,19,24). The molecule has 7 heteroatoms. The topological polar surface area (TPSA) is 103 Å². The third-order valence-corrected chi connectivity index (χ3v) is 3.72. The third kappa shape index (κ3) is 4.41. The quantitative estimate of drug-likeness (QED) is 0.801. The number of para-hydroxylation sites is 1. The smallest absolute Gasteiger partial charge is 0.323 e. The normalized spacial score (nSPS) is 11.0. The third-order valence-electron chi connectivity index (χ3n) is 3.72. The van der Waals surface area contributed by atoms with E-state index in [1.807, 2.05) is 6.07 Å². The molecule has 0 aliphatic carbocycles. The number of carbonyl (C=O) groups is 2. The number of nitrogens with one attached hydrogen (secondary N) is 1. The van der Waals surface area contributed by atoms with Crippen LogP contribution in [-0.2, 0) is 16.0 Å². The maximum Gasteiger partial charge on any atom is 0.323 e. The molecule has 1 amide bonds. The van der Waals surface area contributed by atoms with Crippen molar-refractivity contribution in [2.24, 2.45) is 0 Å². The zero-order valence-corrected chi connectivity index (χ0v) is 13.8. The van der Waals surface area contributed by atoms with Crippen LogP contribution in [0.3, 0.4) is 0 Å². The highest BCUT2D eigenvalue weighted by atomic mass is 16.4. The number of benzene rings is 1. The molecule has 1 aromatic carbocycles. The Morgan fingerprint density at radius 1 is 1.29 bits per heavy atom. The number of aliphatic carboxylic acids is 1. The zero-order chi connectivity index (χ0) is 17.7. The van der Waals surface area contributed by atoms with E-state index in [-0.39, 0.29) is 30.5 Å². The number of rotatable bonds is 7. The number of H-pyrrole nitrogens is 1. The average molecular weight is 331 g/mol. The number of aryl methyl sites for hydroxylation is 1. The molecule has 0 aliphatic rings. The molecule has 0 unspecified atom stereocenters. The van der Waals surface area contributed by atoms with Crippen LogP contribution in [0.4, 0.5) is 0 Å². The molecule has 0 radical (unpaired) electrons. The first-order chi connectivity index (χ1) is 11.4. The summed E-state index contributed by atoms with van der Waals surface area (Å²) in [7, 11) is 0. The fraction of sp³-hybridized carbons (Fsp3) is 0.412. The second kappa shape index (κ2) is 7.72. The molecule has 2 aromatic rings. The lowest BCUT2D eigenvalue weighted by atomic mass is 10.2. The average Bonchev–Trinajstić information content (AvgIpc) is 2.52. The highest BCUT2D eigenvalue weighted by Crippen LogP contribution is 2.09. The van der Waals surface area contributed by atoms with Crippen molar-refractivity contribution in [2.45, 2.75) is 39.2 Å². The van der Waals surface area contributed by atoms with Crippen molar-refractivity contribution in [1.29, 1.82) is 0 Å². The zero-order valence-electron chi connectivity index (χ0n) is 13.8. The Balaban J connectivity index is 1.99.